The molecule has 138 valence electrons. The molecule has 0 bridgehead atoms. The molecule has 1 unspecified atom stereocenters. The Balaban J connectivity index is 1.41. The van der Waals surface area contributed by atoms with Gasteiger partial charge in [-0.2, -0.15) is 0 Å². The van der Waals surface area contributed by atoms with Crippen molar-refractivity contribution < 1.29 is 14.2 Å². The standard InChI is InChI=1S/C21H26N2O3/c1-16(17-6-7-20-21(14-17)26-13-12-25-20)22-8-10-23(11-9-22)18-4-3-5-19(15-18)24-2/h3-7,14-16H,8-13H2,1-2H3. The van der Waals surface area contributed by atoms with Crippen molar-refractivity contribution in [3.8, 4) is 17.2 Å². The molecule has 0 radical (unpaired) electrons. The van der Waals surface area contributed by atoms with E-state index in [0.717, 1.165) is 43.4 Å². The molecule has 1 saturated heterocycles. The van der Waals surface area contributed by atoms with Crippen LogP contribution in [0.4, 0.5) is 5.69 Å². The van der Waals surface area contributed by atoms with E-state index in [1.807, 2.05) is 12.1 Å². The van der Waals surface area contributed by atoms with Crippen LogP contribution in [0.1, 0.15) is 18.5 Å². The molecule has 5 heteroatoms. The number of methoxy groups -OCH3 is 1. The van der Waals surface area contributed by atoms with Crippen LogP contribution in [-0.4, -0.2) is 51.4 Å². The lowest BCUT2D eigenvalue weighted by Crippen LogP contribution is -2.47. The fraction of sp³-hybridized carbons (Fsp3) is 0.429. The average molecular weight is 354 g/mol. The van der Waals surface area contributed by atoms with Crippen molar-refractivity contribution in [2.75, 3.05) is 51.4 Å². The molecule has 2 aromatic rings. The Labute approximate surface area is 155 Å². The lowest BCUT2D eigenvalue weighted by molar-refractivity contribution is 0.169. The Kier molecular flexibility index (Phi) is 4.89. The van der Waals surface area contributed by atoms with Gasteiger partial charge < -0.3 is 19.1 Å². The second-order valence-electron chi connectivity index (χ2n) is 6.80. The molecule has 2 aliphatic heterocycles. The summed E-state index contributed by atoms with van der Waals surface area (Å²) in [4.78, 5) is 4.96. The van der Waals surface area contributed by atoms with E-state index >= 15 is 0 Å². The van der Waals surface area contributed by atoms with Crippen LogP contribution in [0.2, 0.25) is 0 Å². The minimum absolute atomic E-state index is 0.360. The topological polar surface area (TPSA) is 34.2 Å². The van der Waals surface area contributed by atoms with E-state index in [2.05, 4.69) is 47.1 Å². The van der Waals surface area contributed by atoms with E-state index in [1.54, 1.807) is 7.11 Å². The van der Waals surface area contributed by atoms with Crippen molar-refractivity contribution in [1.29, 1.82) is 0 Å². The van der Waals surface area contributed by atoms with Gasteiger partial charge in [0.2, 0.25) is 0 Å². The lowest BCUT2D eigenvalue weighted by atomic mass is 10.0. The Morgan fingerprint density at radius 1 is 0.923 bits per heavy atom. The van der Waals surface area contributed by atoms with Gasteiger partial charge in [0.05, 0.1) is 7.11 Å². The van der Waals surface area contributed by atoms with E-state index in [9.17, 15) is 0 Å². The summed E-state index contributed by atoms with van der Waals surface area (Å²) in [6.07, 6.45) is 0. The maximum Gasteiger partial charge on any atom is 0.161 e. The lowest BCUT2D eigenvalue weighted by Gasteiger charge is -2.39. The average Bonchev–Trinajstić information content (AvgIpc) is 2.73. The highest BCUT2D eigenvalue weighted by molar-refractivity contribution is 5.51. The van der Waals surface area contributed by atoms with Gasteiger partial charge in [0, 0.05) is 44.0 Å². The zero-order valence-corrected chi connectivity index (χ0v) is 15.5. The van der Waals surface area contributed by atoms with E-state index in [0.29, 0.717) is 19.3 Å². The first-order chi connectivity index (χ1) is 12.7. The molecule has 2 aromatic carbocycles. The van der Waals surface area contributed by atoms with Crippen LogP contribution in [0.15, 0.2) is 42.5 Å². The minimum atomic E-state index is 0.360. The van der Waals surface area contributed by atoms with Crippen LogP contribution in [0.3, 0.4) is 0 Å². The van der Waals surface area contributed by atoms with Crippen LogP contribution in [-0.2, 0) is 0 Å². The van der Waals surface area contributed by atoms with Crippen LogP contribution >= 0.6 is 0 Å². The molecule has 0 aromatic heterocycles. The van der Waals surface area contributed by atoms with Crippen LogP contribution in [0, 0.1) is 0 Å². The maximum absolute atomic E-state index is 5.73. The molecular weight excluding hydrogens is 328 g/mol. The number of anilines is 1. The highest BCUT2D eigenvalue weighted by atomic mass is 16.6. The summed E-state index contributed by atoms with van der Waals surface area (Å²) in [6.45, 7) is 7.63. The quantitative estimate of drug-likeness (QED) is 0.841. The summed E-state index contributed by atoms with van der Waals surface area (Å²) in [7, 11) is 1.71. The Morgan fingerprint density at radius 3 is 2.46 bits per heavy atom. The maximum atomic E-state index is 5.73. The Hall–Kier alpha value is -2.40. The first kappa shape index (κ1) is 17.0. The second kappa shape index (κ2) is 7.46. The summed E-state index contributed by atoms with van der Waals surface area (Å²) in [6, 6.07) is 15.0. The number of piperazine rings is 1. The number of ether oxygens (including phenoxy) is 3. The predicted octanol–water partition coefficient (Wildman–Crippen LogP) is 3.35. The van der Waals surface area contributed by atoms with Gasteiger partial charge in [0.1, 0.15) is 19.0 Å². The number of fused-ring (bicyclic) bond motifs is 1. The fourth-order valence-electron chi connectivity index (χ4n) is 3.71. The number of hydrogen-bond acceptors (Lipinski definition) is 5. The molecule has 1 atom stereocenters. The molecule has 0 amide bonds. The van der Waals surface area contributed by atoms with Gasteiger partial charge in [-0.3, -0.25) is 4.90 Å². The van der Waals surface area contributed by atoms with Crippen LogP contribution < -0.4 is 19.1 Å². The van der Waals surface area contributed by atoms with Crippen LogP contribution in [0.25, 0.3) is 0 Å². The molecule has 0 saturated carbocycles. The fourth-order valence-corrected chi connectivity index (χ4v) is 3.71. The first-order valence-electron chi connectivity index (χ1n) is 9.27. The summed E-state index contributed by atoms with van der Waals surface area (Å²) in [5.41, 5.74) is 2.51. The third-order valence-electron chi connectivity index (χ3n) is 5.33. The molecule has 26 heavy (non-hydrogen) atoms. The van der Waals surface area contributed by atoms with E-state index in [4.69, 9.17) is 14.2 Å². The summed E-state index contributed by atoms with van der Waals surface area (Å²) >= 11 is 0. The highest BCUT2D eigenvalue weighted by Gasteiger charge is 2.23. The van der Waals surface area contributed by atoms with E-state index in [1.165, 1.54) is 11.3 Å². The molecule has 2 aliphatic rings. The van der Waals surface area contributed by atoms with Gasteiger partial charge in [-0.1, -0.05) is 12.1 Å². The van der Waals surface area contributed by atoms with E-state index in [-0.39, 0.29) is 0 Å². The SMILES string of the molecule is COc1cccc(N2CCN(C(C)c3ccc4c(c3)OCCO4)CC2)c1. The molecular formula is C21H26N2O3. The smallest absolute Gasteiger partial charge is 0.161 e. The summed E-state index contributed by atoms with van der Waals surface area (Å²) < 4.78 is 16.7. The first-order valence-corrected chi connectivity index (χ1v) is 9.27. The summed E-state index contributed by atoms with van der Waals surface area (Å²) in [5.74, 6) is 2.64. The molecule has 0 aliphatic carbocycles. The zero-order valence-electron chi connectivity index (χ0n) is 15.5. The van der Waals surface area contributed by atoms with Gasteiger partial charge in [-0.05, 0) is 36.8 Å². The molecule has 4 rings (SSSR count). The number of nitrogens with zero attached hydrogens (tertiary/aromatic N) is 2. The predicted molar refractivity (Wildman–Crippen MR) is 103 cm³/mol. The largest absolute Gasteiger partial charge is 0.497 e. The van der Waals surface area contributed by atoms with Crippen molar-refractivity contribution in [3.63, 3.8) is 0 Å². The van der Waals surface area contributed by atoms with Gasteiger partial charge in [0.25, 0.3) is 0 Å². The number of benzene rings is 2. The molecule has 1 fully saturated rings. The summed E-state index contributed by atoms with van der Waals surface area (Å²) in [5, 5.41) is 0. The van der Waals surface area contributed by atoms with E-state index < -0.39 is 0 Å². The van der Waals surface area contributed by atoms with Crippen molar-refractivity contribution in [2.24, 2.45) is 0 Å². The minimum Gasteiger partial charge on any atom is -0.497 e. The van der Waals surface area contributed by atoms with Crippen molar-refractivity contribution in [2.45, 2.75) is 13.0 Å². The highest BCUT2D eigenvalue weighted by Crippen LogP contribution is 2.34. The van der Waals surface area contributed by atoms with Gasteiger partial charge >= 0.3 is 0 Å². The van der Waals surface area contributed by atoms with Crippen LogP contribution in [0.5, 0.6) is 17.2 Å². The number of hydrogen-bond donors (Lipinski definition) is 0. The molecule has 2 heterocycles. The van der Waals surface area contributed by atoms with Gasteiger partial charge in [-0.25, -0.2) is 0 Å². The second-order valence-corrected chi connectivity index (χ2v) is 6.80. The Bertz CT molecular complexity index is 757. The normalized spacial score (nSPS) is 18.5. The number of rotatable bonds is 4. The third-order valence-corrected chi connectivity index (χ3v) is 5.33. The zero-order chi connectivity index (χ0) is 17.9. The van der Waals surface area contributed by atoms with Gasteiger partial charge in [-0.15, -0.1) is 0 Å². The monoisotopic (exact) mass is 354 g/mol. The molecule has 0 spiro atoms. The Morgan fingerprint density at radius 2 is 1.69 bits per heavy atom. The molecule has 0 N–H and O–H groups in total. The van der Waals surface area contributed by atoms with Gasteiger partial charge in [0.15, 0.2) is 11.5 Å². The van der Waals surface area contributed by atoms with Crippen molar-refractivity contribution in [3.05, 3.63) is 48.0 Å². The third kappa shape index (κ3) is 3.44. The van der Waals surface area contributed by atoms with Crippen molar-refractivity contribution in [1.82, 2.24) is 4.90 Å². The molecule has 5 nitrogen and oxygen atoms in total. The van der Waals surface area contributed by atoms with Crippen molar-refractivity contribution >= 4 is 5.69 Å².